The van der Waals surface area contributed by atoms with Crippen molar-refractivity contribution in [2.45, 2.75) is 19.7 Å². The number of hydrogen-bond donors (Lipinski definition) is 0. The van der Waals surface area contributed by atoms with E-state index in [2.05, 4.69) is 35.9 Å². The topological polar surface area (TPSA) is 9.23 Å². The van der Waals surface area contributed by atoms with E-state index in [4.69, 9.17) is 0 Å². The predicted octanol–water partition coefficient (Wildman–Crippen LogP) is 7.77. The van der Waals surface area contributed by atoms with Crippen LogP contribution >= 0.6 is 0 Å². The molecule has 0 fully saturated rings. The van der Waals surface area contributed by atoms with Gasteiger partial charge in [-0.3, -0.25) is 0 Å². The van der Waals surface area contributed by atoms with Gasteiger partial charge in [-0.15, -0.1) is 13.2 Å². The first-order chi connectivity index (χ1) is 14.3. The molecular weight excluding hydrogens is 392 g/mol. The number of alkyl halides is 3. The first-order valence-electron chi connectivity index (χ1n) is 9.52. The van der Waals surface area contributed by atoms with Crippen LogP contribution in [0, 0.1) is 5.82 Å². The number of rotatable bonds is 4. The molecule has 0 saturated carbocycles. The Balaban J connectivity index is 1.63. The predicted molar refractivity (Wildman–Crippen MR) is 111 cm³/mol. The highest BCUT2D eigenvalue weighted by Gasteiger charge is 2.32. The van der Waals surface area contributed by atoms with Crippen LogP contribution in [0.3, 0.4) is 0 Å². The maximum Gasteiger partial charge on any atom is 0.573 e. The van der Waals surface area contributed by atoms with Gasteiger partial charge in [0.15, 0.2) is 11.6 Å². The van der Waals surface area contributed by atoms with Crippen LogP contribution in [0.4, 0.5) is 17.6 Å². The van der Waals surface area contributed by atoms with Crippen LogP contribution in [0.15, 0.2) is 78.9 Å². The van der Waals surface area contributed by atoms with Gasteiger partial charge in [-0.1, -0.05) is 73.7 Å². The molecule has 0 unspecified atom stereocenters. The van der Waals surface area contributed by atoms with Crippen molar-refractivity contribution in [3.8, 4) is 28.0 Å². The van der Waals surface area contributed by atoms with Gasteiger partial charge in [0.1, 0.15) is 0 Å². The van der Waals surface area contributed by atoms with Gasteiger partial charge in [-0.25, -0.2) is 4.39 Å². The Labute approximate surface area is 171 Å². The smallest absolute Gasteiger partial charge is 0.403 e. The maximum absolute atomic E-state index is 14.4. The number of ether oxygens (including phenoxy) is 1. The fourth-order valence-electron chi connectivity index (χ4n) is 3.44. The zero-order valence-electron chi connectivity index (χ0n) is 16.1. The van der Waals surface area contributed by atoms with Gasteiger partial charge in [0, 0.05) is 5.39 Å². The molecule has 0 saturated heterocycles. The number of halogens is 4. The third kappa shape index (κ3) is 4.15. The Morgan fingerprint density at radius 2 is 1.23 bits per heavy atom. The molecule has 0 aliphatic heterocycles. The summed E-state index contributed by atoms with van der Waals surface area (Å²) in [6.45, 7) is 2.11. The van der Waals surface area contributed by atoms with Gasteiger partial charge in [0.2, 0.25) is 0 Å². The molecule has 0 aliphatic rings. The second-order valence-electron chi connectivity index (χ2n) is 6.99. The summed E-state index contributed by atoms with van der Waals surface area (Å²) in [6, 6.07) is 23.7. The fourth-order valence-corrected chi connectivity index (χ4v) is 3.44. The summed E-state index contributed by atoms with van der Waals surface area (Å²) in [5, 5.41) is 0.576. The second-order valence-corrected chi connectivity index (χ2v) is 6.99. The lowest BCUT2D eigenvalue weighted by atomic mass is 9.97. The van der Waals surface area contributed by atoms with Gasteiger partial charge in [-0.05, 0) is 51.8 Å². The monoisotopic (exact) mass is 410 g/mol. The van der Waals surface area contributed by atoms with Gasteiger partial charge in [-0.2, -0.15) is 0 Å². The highest BCUT2D eigenvalue weighted by molar-refractivity contribution is 5.89. The van der Waals surface area contributed by atoms with Gasteiger partial charge >= 0.3 is 6.36 Å². The van der Waals surface area contributed by atoms with Crippen molar-refractivity contribution in [2.75, 3.05) is 0 Å². The molecule has 0 heterocycles. The van der Waals surface area contributed by atoms with Crippen molar-refractivity contribution >= 4 is 10.8 Å². The van der Waals surface area contributed by atoms with E-state index in [9.17, 15) is 17.6 Å². The van der Waals surface area contributed by atoms with Crippen LogP contribution in [0.5, 0.6) is 5.75 Å². The molecule has 5 heteroatoms. The lowest BCUT2D eigenvalue weighted by Crippen LogP contribution is -2.17. The number of benzene rings is 4. The molecule has 0 aliphatic carbocycles. The van der Waals surface area contributed by atoms with E-state index in [1.807, 2.05) is 24.3 Å². The van der Waals surface area contributed by atoms with Crippen LogP contribution in [-0.4, -0.2) is 6.36 Å². The van der Waals surface area contributed by atoms with Crippen LogP contribution in [0.2, 0.25) is 0 Å². The second kappa shape index (κ2) is 7.82. The molecule has 1 nitrogen and oxygen atoms in total. The molecule has 0 N–H and O–H groups in total. The third-order valence-corrected chi connectivity index (χ3v) is 5.06. The van der Waals surface area contributed by atoms with Crippen LogP contribution in [-0.2, 0) is 6.42 Å². The maximum atomic E-state index is 14.4. The van der Waals surface area contributed by atoms with E-state index in [-0.39, 0.29) is 5.39 Å². The number of aryl methyl sites for hydroxylation is 1. The summed E-state index contributed by atoms with van der Waals surface area (Å²) in [5.41, 5.74) is 5.27. The van der Waals surface area contributed by atoms with Crippen molar-refractivity contribution in [2.24, 2.45) is 0 Å². The van der Waals surface area contributed by atoms with E-state index in [1.54, 1.807) is 12.1 Å². The number of fused-ring (bicyclic) bond motifs is 1. The molecule has 0 spiro atoms. The Bertz CT molecular complexity index is 1180. The van der Waals surface area contributed by atoms with Crippen LogP contribution in [0.1, 0.15) is 12.5 Å². The Hall–Kier alpha value is -3.34. The molecule has 4 rings (SSSR count). The lowest BCUT2D eigenvalue weighted by Gasteiger charge is -2.12. The Morgan fingerprint density at radius 3 is 1.80 bits per heavy atom. The highest BCUT2D eigenvalue weighted by Crippen LogP contribution is 2.33. The minimum atomic E-state index is -4.94. The summed E-state index contributed by atoms with van der Waals surface area (Å²) in [6.07, 6.45) is -3.95. The third-order valence-electron chi connectivity index (χ3n) is 5.06. The van der Waals surface area contributed by atoms with Gasteiger partial charge in [0.05, 0.1) is 0 Å². The normalized spacial score (nSPS) is 11.6. The van der Waals surface area contributed by atoms with Crippen molar-refractivity contribution in [3.63, 3.8) is 0 Å². The first kappa shape index (κ1) is 20.0. The summed E-state index contributed by atoms with van der Waals surface area (Å²) in [7, 11) is 0. The summed E-state index contributed by atoms with van der Waals surface area (Å²) < 4.78 is 55.4. The summed E-state index contributed by atoms with van der Waals surface area (Å²) in [5.74, 6) is -1.86. The van der Waals surface area contributed by atoms with Crippen LogP contribution < -0.4 is 4.74 Å². The van der Waals surface area contributed by atoms with Gasteiger partial charge in [0.25, 0.3) is 0 Å². The van der Waals surface area contributed by atoms with Gasteiger partial charge < -0.3 is 4.74 Å². The van der Waals surface area contributed by atoms with Crippen LogP contribution in [0.25, 0.3) is 33.0 Å². The molecule has 0 radical (unpaired) electrons. The van der Waals surface area contributed by atoms with Crippen molar-refractivity contribution in [3.05, 3.63) is 90.2 Å². The molecule has 152 valence electrons. The van der Waals surface area contributed by atoms with Crippen molar-refractivity contribution in [1.82, 2.24) is 0 Å². The molecule has 0 amide bonds. The quantitative estimate of drug-likeness (QED) is 0.312. The molecule has 0 aromatic heterocycles. The standard InChI is InChI=1S/C25H18F4O/c1-2-16-3-5-17(6-4-16)18-7-9-19(10-8-18)20-11-13-22-21(15-20)12-14-23(24(22)26)30-25(27,28)29/h3-15H,2H2,1H3. The molecule has 0 atom stereocenters. The first-order valence-corrected chi connectivity index (χ1v) is 9.52. The molecule has 4 aromatic carbocycles. The summed E-state index contributed by atoms with van der Waals surface area (Å²) >= 11 is 0. The summed E-state index contributed by atoms with van der Waals surface area (Å²) in [4.78, 5) is 0. The molecule has 30 heavy (non-hydrogen) atoms. The largest absolute Gasteiger partial charge is 0.573 e. The van der Waals surface area contributed by atoms with Crippen molar-refractivity contribution < 1.29 is 22.3 Å². The zero-order valence-corrected chi connectivity index (χ0v) is 16.1. The average molecular weight is 410 g/mol. The molecule has 0 bridgehead atoms. The SMILES string of the molecule is CCc1ccc(-c2ccc(-c3ccc4c(F)c(OC(F)(F)F)ccc4c3)cc2)cc1. The van der Waals surface area contributed by atoms with E-state index < -0.39 is 17.9 Å². The lowest BCUT2D eigenvalue weighted by molar-refractivity contribution is -0.275. The Kier molecular flexibility index (Phi) is 5.20. The van der Waals surface area contributed by atoms with E-state index in [0.717, 1.165) is 34.7 Å². The van der Waals surface area contributed by atoms with E-state index in [1.165, 1.54) is 17.7 Å². The average Bonchev–Trinajstić information content (AvgIpc) is 2.75. The Morgan fingerprint density at radius 1 is 0.700 bits per heavy atom. The number of hydrogen-bond acceptors (Lipinski definition) is 1. The molecule has 4 aromatic rings. The van der Waals surface area contributed by atoms with E-state index >= 15 is 0 Å². The highest BCUT2D eigenvalue weighted by atomic mass is 19.4. The minimum absolute atomic E-state index is 0.0770. The zero-order chi connectivity index (χ0) is 21.3. The fraction of sp³-hybridized carbons (Fsp3) is 0.120. The minimum Gasteiger partial charge on any atom is -0.403 e. The van der Waals surface area contributed by atoms with E-state index in [0.29, 0.717) is 5.39 Å². The molecular formula is C25H18F4O. The van der Waals surface area contributed by atoms with Crippen molar-refractivity contribution in [1.29, 1.82) is 0 Å².